The maximum absolute atomic E-state index is 12.9. The third kappa shape index (κ3) is 5.37. The third-order valence-corrected chi connectivity index (χ3v) is 5.95. The van der Waals surface area contributed by atoms with Crippen molar-refractivity contribution in [2.24, 2.45) is 11.1 Å². The molecule has 0 bridgehead atoms. The van der Waals surface area contributed by atoms with Gasteiger partial charge < -0.3 is 14.4 Å². The number of nitrogens with one attached hydrogen (secondary N) is 1. The predicted octanol–water partition coefficient (Wildman–Crippen LogP) is 1.89. The number of hydrogen-bond donors (Lipinski definition) is 2. The molecule has 0 radical (unpaired) electrons. The summed E-state index contributed by atoms with van der Waals surface area (Å²) in [6.45, 7) is 1.64. The van der Waals surface area contributed by atoms with E-state index in [2.05, 4.69) is 4.72 Å². The first-order valence-corrected chi connectivity index (χ1v) is 11.1. The number of nitrogens with zero attached hydrogens (tertiary/aromatic N) is 1. The van der Waals surface area contributed by atoms with Gasteiger partial charge in [0.25, 0.3) is 16.1 Å². The Bertz CT molecular complexity index is 985. The summed E-state index contributed by atoms with van der Waals surface area (Å²) in [5, 5.41) is 6.83. The van der Waals surface area contributed by atoms with Crippen molar-refractivity contribution in [3.8, 4) is 11.5 Å². The maximum Gasteiger partial charge on any atom is 0.274 e. The van der Waals surface area contributed by atoms with Gasteiger partial charge >= 0.3 is 0 Å². The molecule has 0 atom stereocenters. The molecule has 3 N–H and O–H groups in total. The van der Waals surface area contributed by atoms with Crippen LogP contribution in [0.2, 0.25) is 0 Å². The summed E-state index contributed by atoms with van der Waals surface area (Å²) in [4.78, 5) is 14.8. The van der Waals surface area contributed by atoms with Crippen LogP contribution in [-0.2, 0) is 10.2 Å². The van der Waals surface area contributed by atoms with E-state index >= 15 is 0 Å². The van der Waals surface area contributed by atoms with Gasteiger partial charge in [0.15, 0.2) is 11.5 Å². The van der Waals surface area contributed by atoms with Gasteiger partial charge in [-0.15, -0.1) is 0 Å². The van der Waals surface area contributed by atoms with Crippen LogP contribution in [0.1, 0.15) is 29.6 Å². The monoisotopic (exact) mass is 421 g/mol. The number of likely N-dealkylation sites (tertiary alicyclic amines) is 1. The molecule has 29 heavy (non-hydrogen) atoms. The van der Waals surface area contributed by atoms with Crippen LogP contribution in [0.5, 0.6) is 11.5 Å². The molecular formula is C20H27N3O5S. The Morgan fingerprint density at radius 3 is 2.31 bits per heavy atom. The zero-order chi connectivity index (χ0) is 21.0. The second-order valence-electron chi connectivity index (χ2n) is 7.23. The standard InChI is InChI=1S/C20H27N3O5S/c1-27-18-12-15-3-4-16(11-17(15)13-19(18)28-2)20(24)23-9-6-14(7-10-23)5-8-22-29(21,25)26/h3-4,11-14,22H,5-10H2,1-2H3,(H2,21,25,26). The average Bonchev–Trinajstić information content (AvgIpc) is 2.71. The molecule has 2 aromatic carbocycles. The van der Waals surface area contributed by atoms with Crippen molar-refractivity contribution in [3.63, 3.8) is 0 Å². The number of hydrogen-bond acceptors (Lipinski definition) is 5. The molecular weight excluding hydrogens is 394 g/mol. The highest BCUT2D eigenvalue weighted by Crippen LogP contribution is 2.33. The molecule has 0 saturated carbocycles. The quantitative estimate of drug-likeness (QED) is 0.709. The minimum atomic E-state index is -3.64. The van der Waals surface area contributed by atoms with Gasteiger partial charge in [0, 0.05) is 25.2 Å². The van der Waals surface area contributed by atoms with Crippen LogP contribution in [0.25, 0.3) is 10.8 Å². The zero-order valence-electron chi connectivity index (χ0n) is 16.7. The lowest BCUT2D eigenvalue weighted by molar-refractivity contribution is 0.0688. The first-order valence-electron chi connectivity index (χ1n) is 9.53. The van der Waals surface area contributed by atoms with Crippen LogP contribution in [0.4, 0.5) is 0 Å². The Balaban J connectivity index is 1.64. The molecule has 2 aromatic rings. The number of amides is 1. The van der Waals surface area contributed by atoms with Gasteiger partial charge in [-0.3, -0.25) is 4.79 Å². The Morgan fingerprint density at radius 2 is 1.72 bits per heavy atom. The second kappa shape index (κ2) is 8.98. The van der Waals surface area contributed by atoms with Crippen LogP contribution in [0.15, 0.2) is 30.3 Å². The molecule has 0 aromatic heterocycles. The number of piperidine rings is 1. The van der Waals surface area contributed by atoms with Crippen molar-refractivity contribution in [3.05, 3.63) is 35.9 Å². The minimum absolute atomic E-state index is 0.00259. The molecule has 1 fully saturated rings. The lowest BCUT2D eigenvalue weighted by Crippen LogP contribution is -2.39. The van der Waals surface area contributed by atoms with Crippen molar-refractivity contribution in [1.29, 1.82) is 0 Å². The predicted molar refractivity (Wildman–Crippen MR) is 111 cm³/mol. The zero-order valence-corrected chi connectivity index (χ0v) is 17.5. The van der Waals surface area contributed by atoms with E-state index in [1.807, 2.05) is 35.2 Å². The maximum atomic E-state index is 12.9. The number of fused-ring (bicyclic) bond motifs is 1. The number of benzene rings is 2. The van der Waals surface area contributed by atoms with Gasteiger partial charge in [-0.05, 0) is 60.2 Å². The van der Waals surface area contributed by atoms with Gasteiger partial charge in [0.2, 0.25) is 0 Å². The number of nitrogens with two attached hydrogens (primary N) is 1. The number of methoxy groups -OCH3 is 2. The summed E-state index contributed by atoms with van der Waals surface area (Å²) < 4.78 is 34.9. The lowest BCUT2D eigenvalue weighted by Gasteiger charge is -2.32. The van der Waals surface area contributed by atoms with Gasteiger partial charge in [0.05, 0.1) is 14.2 Å². The van der Waals surface area contributed by atoms with Crippen LogP contribution in [-0.4, -0.2) is 53.1 Å². The summed E-state index contributed by atoms with van der Waals surface area (Å²) in [6, 6.07) is 9.38. The van der Waals surface area contributed by atoms with E-state index in [-0.39, 0.29) is 5.91 Å². The van der Waals surface area contributed by atoms with Crippen molar-refractivity contribution >= 4 is 26.9 Å². The first-order chi connectivity index (χ1) is 13.8. The third-order valence-electron chi connectivity index (χ3n) is 5.35. The van der Waals surface area contributed by atoms with Crippen molar-refractivity contribution in [2.45, 2.75) is 19.3 Å². The molecule has 1 heterocycles. The Hall–Kier alpha value is -2.36. The van der Waals surface area contributed by atoms with E-state index in [0.717, 1.165) is 30.0 Å². The molecule has 1 aliphatic rings. The van der Waals surface area contributed by atoms with E-state index in [4.69, 9.17) is 14.6 Å². The second-order valence-corrected chi connectivity index (χ2v) is 8.61. The molecule has 8 nitrogen and oxygen atoms in total. The number of rotatable bonds is 7. The van der Waals surface area contributed by atoms with Gasteiger partial charge in [-0.25, -0.2) is 9.86 Å². The Kier molecular flexibility index (Phi) is 6.61. The van der Waals surface area contributed by atoms with Crippen LogP contribution in [0, 0.1) is 5.92 Å². The number of ether oxygens (including phenoxy) is 2. The van der Waals surface area contributed by atoms with Crippen LogP contribution < -0.4 is 19.3 Å². The fourth-order valence-electron chi connectivity index (χ4n) is 3.72. The molecule has 1 aliphatic heterocycles. The largest absolute Gasteiger partial charge is 0.493 e. The van der Waals surface area contributed by atoms with Crippen LogP contribution in [0.3, 0.4) is 0 Å². The molecule has 3 rings (SSSR count). The Labute approximate surface area is 171 Å². The fourth-order valence-corrected chi connectivity index (χ4v) is 4.12. The van der Waals surface area contributed by atoms with Crippen molar-refractivity contribution < 1.29 is 22.7 Å². The molecule has 9 heteroatoms. The highest BCUT2D eigenvalue weighted by atomic mass is 32.2. The van der Waals surface area contributed by atoms with Crippen molar-refractivity contribution in [2.75, 3.05) is 33.9 Å². The molecule has 1 amide bonds. The molecule has 0 unspecified atom stereocenters. The molecule has 158 valence electrons. The summed E-state index contributed by atoms with van der Waals surface area (Å²) in [6.07, 6.45) is 2.41. The Morgan fingerprint density at radius 1 is 1.10 bits per heavy atom. The molecule has 0 spiro atoms. The average molecular weight is 422 g/mol. The topological polar surface area (TPSA) is 111 Å². The van der Waals surface area contributed by atoms with E-state index < -0.39 is 10.2 Å². The fraction of sp³-hybridized carbons (Fsp3) is 0.450. The van der Waals surface area contributed by atoms with E-state index in [9.17, 15) is 13.2 Å². The first kappa shape index (κ1) is 21.4. The summed E-state index contributed by atoms with van der Waals surface area (Å²) in [7, 11) is -0.466. The minimum Gasteiger partial charge on any atom is -0.493 e. The summed E-state index contributed by atoms with van der Waals surface area (Å²) in [5.74, 6) is 1.65. The van der Waals surface area contributed by atoms with E-state index in [0.29, 0.717) is 42.6 Å². The normalized spacial score (nSPS) is 15.5. The van der Waals surface area contributed by atoms with Gasteiger partial charge in [-0.1, -0.05) is 6.07 Å². The summed E-state index contributed by atoms with van der Waals surface area (Å²) in [5.41, 5.74) is 0.638. The lowest BCUT2D eigenvalue weighted by atomic mass is 9.93. The van der Waals surface area contributed by atoms with E-state index in [1.54, 1.807) is 14.2 Å². The number of carbonyl (C=O) groups excluding carboxylic acids is 1. The van der Waals surface area contributed by atoms with Crippen LogP contribution >= 0.6 is 0 Å². The summed E-state index contributed by atoms with van der Waals surface area (Å²) >= 11 is 0. The van der Waals surface area contributed by atoms with E-state index in [1.165, 1.54) is 0 Å². The SMILES string of the molecule is COc1cc2ccc(C(=O)N3CCC(CCNS(N)(=O)=O)CC3)cc2cc1OC. The highest BCUT2D eigenvalue weighted by molar-refractivity contribution is 7.87. The highest BCUT2D eigenvalue weighted by Gasteiger charge is 2.24. The molecule has 1 saturated heterocycles. The molecule has 0 aliphatic carbocycles. The smallest absolute Gasteiger partial charge is 0.274 e. The van der Waals surface area contributed by atoms with Gasteiger partial charge in [0.1, 0.15) is 0 Å². The van der Waals surface area contributed by atoms with Crippen molar-refractivity contribution in [1.82, 2.24) is 9.62 Å². The van der Waals surface area contributed by atoms with Gasteiger partial charge in [-0.2, -0.15) is 8.42 Å². The number of carbonyl (C=O) groups is 1.